The molecule has 1 atom stereocenters. The van der Waals surface area contributed by atoms with Crippen molar-refractivity contribution in [2.24, 2.45) is 0 Å². The zero-order valence-electron chi connectivity index (χ0n) is 8.57. The van der Waals surface area contributed by atoms with E-state index in [-0.39, 0.29) is 6.04 Å². The fourth-order valence-electron chi connectivity index (χ4n) is 1.79. The van der Waals surface area contributed by atoms with Crippen LogP contribution in [0.15, 0.2) is 18.2 Å². The zero-order valence-corrected chi connectivity index (χ0v) is 10.1. The summed E-state index contributed by atoms with van der Waals surface area (Å²) >= 11 is 7.63. The second-order valence-electron chi connectivity index (χ2n) is 3.75. The predicted octanol–water partition coefficient (Wildman–Crippen LogP) is 2.61. The maximum Gasteiger partial charge on any atom is 0.113 e. The molecular formula is C11H11ClN2OS. The molecule has 1 aliphatic rings. The van der Waals surface area contributed by atoms with E-state index in [1.807, 2.05) is 18.2 Å². The van der Waals surface area contributed by atoms with Gasteiger partial charge in [-0.05, 0) is 18.2 Å². The fourth-order valence-corrected chi connectivity index (χ4v) is 3.09. The smallest absolute Gasteiger partial charge is 0.113 e. The van der Waals surface area contributed by atoms with Crippen LogP contribution in [0.5, 0.6) is 0 Å². The predicted molar refractivity (Wildman–Crippen MR) is 66.2 cm³/mol. The molecule has 1 aromatic heterocycles. The maximum absolute atomic E-state index is 5.95. The first-order chi connectivity index (χ1) is 7.83. The van der Waals surface area contributed by atoms with Crippen molar-refractivity contribution >= 4 is 33.2 Å². The van der Waals surface area contributed by atoms with Crippen LogP contribution in [0.4, 0.5) is 0 Å². The molecule has 16 heavy (non-hydrogen) atoms. The van der Waals surface area contributed by atoms with Crippen molar-refractivity contribution in [2.75, 3.05) is 19.8 Å². The van der Waals surface area contributed by atoms with Gasteiger partial charge < -0.3 is 10.1 Å². The van der Waals surface area contributed by atoms with E-state index in [2.05, 4.69) is 10.3 Å². The molecule has 5 heteroatoms. The summed E-state index contributed by atoms with van der Waals surface area (Å²) in [4.78, 5) is 4.59. The quantitative estimate of drug-likeness (QED) is 0.850. The van der Waals surface area contributed by atoms with Gasteiger partial charge in [0.25, 0.3) is 0 Å². The van der Waals surface area contributed by atoms with Crippen molar-refractivity contribution in [3.63, 3.8) is 0 Å². The number of ether oxygens (including phenoxy) is 1. The minimum absolute atomic E-state index is 0.227. The number of nitrogens with one attached hydrogen (secondary N) is 1. The fraction of sp³-hybridized carbons (Fsp3) is 0.364. The van der Waals surface area contributed by atoms with E-state index in [0.29, 0.717) is 6.61 Å². The number of nitrogens with zero attached hydrogens (tertiary/aromatic N) is 1. The van der Waals surface area contributed by atoms with Crippen molar-refractivity contribution in [1.29, 1.82) is 0 Å². The monoisotopic (exact) mass is 254 g/mol. The Kier molecular flexibility index (Phi) is 2.81. The highest BCUT2D eigenvalue weighted by Crippen LogP contribution is 2.29. The van der Waals surface area contributed by atoms with Gasteiger partial charge in [0.05, 0.1) is 29.5 Å². The van der Waals surface area contributed by atoms with Crippen LogP contribution in [0, 0.1) is 0 Å². The van der Waals surface area contributed by atoms with Crippen LogP contribution in [-0.4, -0.2) is 24.7 Å². The molecule has 1 aliphatic heterocycles. The number of hydrogen-bond acceptors (Lipinski definition) is 4. The van der Waals surface area contributed by atoms with Gasteiger partial charge in [-0.15, -0.1) is 11.3 Å². The van der Waals surface area contributed by atoms with Crippen LogP contribution in [-0.2, 0) is 4.74 Å². The van der Waals surface area contributed by atoms with Gasteiger partial charge >= 0.3 is 0 Å². The molecular weight excluding hydrogens is 244 g/mol. The van der Waals surface area contributed by atoms with Gasteiger partial charge in [-0.25, -0.2) is 4.98 Å². The summed E-state index contributed by atoms with van der Waals surface area (Å²) in [5.74, 6) is 0. The van der Waals surface area contributed by atoms with Gasteiger partial charge in [-0.2, -0.15) is 0 Å². The average molecular weight is 255 g/mol. The Hall–Kier alpha value is -0.680. The van der Waals surface area contributed by atoms with Gasteiger partial charge in [0.15, 0.2) is 0 Å². The molecule has 0 amide bonds. The second kappa shape index (κ2) is 4.30. The molecule has 1 fully saturated rings. The van der Waals surface area contributed by atoms with Crippen molar-refractivity contribution in [3.8, 4) is 0 Å². The van der Waals surface area contributed by atoms with E-state index >= 15 is 0 Å². The number of aromatic nitrogens is 1. The summed E-state index contributed by atoms with van der Waals surface area (Å²) in [6.07, 6.45) is 0. The largest absolute Gasteiger partial charge is 0.378 e. The summed E-state index contributed by atoms with van der Waals surface area (Å²) in [7, 11) is 0. The Morgan fingerprint density at radius 1 is 1.50 bits per heavy atom. The standard InChI is InChI=1S/C11H11ClN2OS/c12-7-1-2-8-10(5-7)16-11(14-8)9-6-15-4-3-13-9/h1-2,5,9,13H,3-4,6H2. The van der Waals surface area contributed by atoms with Gasteiger partial charge in [0.2, 0.25) is 0 Å². The summed E-state index contributed by atoms with van der Waals surface area (Å²) in [6, 6.07) is 6.02. The van der Waals surface area contributed by atoms with Crippen molar-refractivity contribution in [2.45, 2.75) is 6.04 Å². The van der Waals surface area contributed by atoms with E-state index in [1.165, 1.54) is 0 Å². The molecule has 2 heterocycles. The normalized spacial score (nSPS) is 21.4. The molecule has 1 saturated heterocycles. The van der Waals surface area contributed by atoms with E-state index < -0.39 is 0 Å². The topological polar surface area (TPSA) is 34.1 Å². The van der Waals surface area contributed by atoms with E-state index in [1.54, 1.807) is 11.3 Å². The van der Waals surface area contributed by atoms with Crippen molar-refractivity contribution < 1.29 is 4.74 Å². The number of rotatable bonds is 1. The molecule has 2 aromatic rings. The molecule has 1 N–H and O–H groups in total. The molecule has 0 saturated carbocycles. The molecule has 0 aliphatic carbocycles. The molecule has 84 valence electrons. The lowest BCUT2D eigenvalue weighted by atomic mass is 10.3. The summed E-state index contributed by atoms with van der Waals surface area (Å²) in [5.41, 5.74) is 1.01. The van der Waals surface area contributed by atoms with E-state index in [9.17, 15) is 0 Å². The molecule has 0 radical (unpaired) electrons. The lowest BCUT2D eigenvalue weighted by molar-refractivity contribution is 0.0768. The molecule has 0 bridgehead atoms. The van der Waals surface area contributed by atoms with Crippen LogP contribution in [0.1, 0.15) is 11.0 Å². The SMILES string of the molecule is Clc1ccc2nc(C3COCCN3)sc2c1. The first-order valence-corrected chi connectivity index (χ1v) is 6.39. The molecule has 1 unspecified atom stereocenters. The number of hydrogen-bond donors (Lipinski definition) is 1. The Balaban J connectivity index is 1.97. The van der Waals surface area contributed by atoms with Crippen molar-refractivity contribution in [1.82, 2.24) is 10.3 Å². The Morgan fingerprint density at radius 2 is 2.44 bits per heavy atom. The first kappa shape index (κ1) is 10.5. The zero-order chi connectivity index (χ0) is 11.0. The number of halogens is 1. The minimum Gasteiger partial charge on any atom is -0.378 e. The number of morpholine rings is 1. The van der Waals surface area contributed by atoms with E-state index in [4.69, 9.17) is 16.3 Å². The summed E-state index contributed by atoms with van der Waals surface area (Å²) in [6.45, 7) is 2.38. The Morgan fingerprint density at radius 3 is 3.25 bits per heavy atom. The van der Waals surface area contributed by atoms with Crippen LogP contribution in [0.25, 0.3) is 10.2 Å². The van der Waals surface area contributed by atoms with Crippen LogP contribution in [0.3, 0.4) is 0 Å². The van der Waals surface area contributed by atoms with Gasteiger partial charge in [0.1, 0.15) is 5.01 Å². The lowest BCUT2D eigenvalue weighted by Gasteiger charge is -2.21. The summed E-state index contributed by atoms with van der Waals surface area (Å²) < 4.78 is 6.57. The first-order valence-electron chi connectivity index (χ1n) is 5.20. The third kappa shape index (κ3) is 1.94. The third-order valence-corrected chi connectivity index (χ3v) is 3.95. The highest BCUT2D eigenvalue weighted by Gasteiger charge is 2.18. The van der Waals surface area contributed by atoms with E-state index in [0.717, 1.165) is 33.4 Å². The third-order valence-electron chi connectivity index (χ3n) is 2.59. The minimum atomic E-state index is 0.227. The van der Waals surface area contributed by atoms with Crippen molar-refractivity contribution in [3.05, 3.63) is 28.2 Å². The van der Waals surface area contributed by atoms with Gasteiger partial charge in [0, 0.05) is 11.6 Å². The van der Waals surface area contributed by atoms with Crippen LogP contribution >= 0.6 is 22.9 Å². The molecule has 3 nitrogen and oxygen atoms in total. The van der Waals surface area contributed by atoms with Crippen LogP contribution < -0.4 is 5.32 Å². The Labute approximate surface area is 102 Å². The second-order valence-corrected chi connectivity index (χ2v) is 5.24. The van der Waals surface area contributed by atoms with Gasteiger partial charge in [-0.1, -0.05) is 11.6 Å². The van der Waals surface area contributed by atoms with Crippen LogP contribution in [0.2, 0.25) is 5.02 Å². The summed E-state index contributed by atoms with van der Waals surface area (Å²) in [5, 5.41) is 5.24. The lowest BCUT2D eigenvalue weighted by Crippen LogP contribution is -2.34. The number of thiazole rings is 1. The average Bonchev–Trinajstić information content (AvgIpc) is 2.73. The number of benzene rings is 1. The highest BCUT2D eigenvalue weighted by molar-refractivity contribution is 7.18. The molecule has 0 spiro atoms. The maximum atomic E-state index is 5.95. The molecule has 1 aromatic carbocycles. The van der Waals surface area contributed by atoms with Gasteiger partial charge in [-0.3, -0.25) is 0 Å². The highest BCUT2D eigenvalue weighted by atomic mass is 35.5. The molecule has 3 rings (SSSR count). The Bertz CT molecular complexity index is 508. The number of fused-ring (bicyclic) bond motifs is 1.